The average molecular weight is 275 g/mol. The average Bonchev–Trinajstić information content (AvgIpc) is 2.90. The second kappa shape index (κ2) is 6.55. The summed E-state index contributed by atoms with van der Waals surface area (Å²) in [6.07, 6.45) is 2.90. The van der Waals surface area contributed by atoms with Crippen LogP contribution in [0.1, 0.15) is 30.4 Å². The van der Waals surface area contributed by atoms with Crippen LogP contribution in [-0.2, 0) is 16.0 Å². The molecule has 1 saturated carbocycles. The first-order chi connectivity index (χ1) is 9.58. The molecule has 108 valence electrons. The van der Waals surface area contributed by atoms with Gasteiger partial charge < -0.3 is 10.4 Å². The fourth-order valence-corrected chi connectivity index (χ4v) is 2.79. The van der Waals surface area contributed by atoms with Gasteiger partial charge in [0.25, 0.3) is 0 Å². The zero-order valence-corrected chi connectivity index (χ0v) is 11.8. The fourth-order valence-electron chi connectivity index (χ4n) is 2.79. The van der Waals surface area contributed by atoms with Gasteiger partial charge in [-0.05, 0) is 31.7 Å². The minimum atomic E-state index is -0.846. The lowest BCUT2D eigenvalue weighted by molar-refractivity contribution is -0.146. The number of benzene rings is 1. The van der Waals surface area contributed by atoms with Gasteiger partial charge in [-0.15, -0.1) is 0 Å². The molecule has 0 bridgehead atoms. The smallest absolute Gasteiger partial charge is 0.307 e. The molecule has 1 amide bonds. The second-order valence-corrected chi connectivity index (χ2v) is 5.51. The highest BCUT2D eigenvalue weighted by Gasteiger charge is 2.37. The van der Waals surface area contributed by atoms with Crippen molar-refractivity contribution in [3.05, 3.63) is 35.4 Å². The maximum absolute atomic E-state index is 12.0. The molecule has 20 heavy (non-hydrogen) atoms. The molecule has 4 nitrogen and oxygen atoms in total. The van der Waals surface area contributed by atoms with E-state index in [4.69, 9.17) is 5.11 Å². The maximum Gasteiger partial charge on any atom is 0.307 e. The molecular weight excluding hydrogens is 254 g/mol. The van der Waals surface area contributed by atoms with E-state index in [9.17, 15) is 9.59 Å². The van der Waals surface area contributed by atoms with Crippen molar-refractivity contribution in [2.45, 2.75) is 32.6 Å². The molecule has 1 aromatic carbocycles. The molecule has 0 aromatic heterocycles. The van der Waals surface area contributed by atoms with E-state index >= 15 is 0 Å². The van der Waals surface area contributed by atoms with Gasteiger partial charge in [0.15, 0.2) is 0 Å². The third kappa shape index (κ3) is 3.59. The standard InChI is InChI=1S/C16H21NO3/c1-11-5-7-12(8-6-11)9-10-17-15(18)13-3-2-4-14(13)16(19)20/h5-8,13-14H,2-4,9-10H2,1H3,(H,17,18)(H,19,20)/t13-,14+/m1/s1. The van der Waals surface area contributed by atoms with Gasteiger partial charge in [-0.1, -0.05) is 36.2 Å². The van der Waals surface area contributed by atoms with Crippen LogP contribution < -0.4 is 5.32 Å². The van der Waals surface area contributed by atoms with Crippen molar-refractivity contribution in [1.82, 2.24) is 5.32 Å². The fraction of sp³-hybridized carbons (Fsp3) is 0.500. The highest BCUT2D eigenvalue weighted by Crippen LogP contribution is 2.31. The van der Waals surface area contributed by atoms with Crippen LogP contribution >= 0.6 is 0 Å². The molecule has 4 heteroatoms. The lowest BCUT2D eigenvalue weighted by atomic mass is 9.95. The Morgan fingerprint density at radius 1 is 1.20 bits per heavy atom. The number of aryl methyl sites for hydroxylation is 1. The normalized spacial score (nSPS) is 21.6. The number of hydrogen-bond donors (Lipinski definition) is 2. The largest absolute Gasteiger partial charge is 0.481 e. The number of amides is 1. The van der Waals surface area contributed by atoms with Crippen molar-refractivity contribution < 1.29 is 14.7 Å². The summed E-state index contributed by atoms with van der Waals surface area (Å²) in [5.41, 5.74) is 2.39. The molecule has 2 rings (SSSR count). The number of rotatable bonds is 5. The Hall–Kier alpha value is -1.84. The van der Waals surface area contributed by atoms with Crippen LogP contribution in [0.3, 0.4) is 0 Å². The number of aliphatic carboxylic acids is 1. The van der Waals surface area contributed by atoms with Gasteiger partial charge in [-0.2, -0.15) is 0 Å². The summed E-state index contributed by atoms with van der Waals surface area (Å²) < 4.78 is 0. The highest BCUT2D eigenvalue weighted by atomic mass is 16.4. The molecule has 1 aromatic rings. The Morgan fingerprint density at radius 2 is 1.85 bits per heavy atom. The Labute approximate surface area is 119 Å². The molecule has 0 unspecified atom stereocenters. The van der Waals surface area contributed by atoms with Crippen molar-refractivity contribution in [2.24, 2.45) is 11.8 Å². The Bertz CT molecular complexity index is 481. The SMILES string of the molecule is Cc1ccc(CCNC(=O)[C@@H]2CCC[C@@H]2C(=O)O)cc1. The Morgan fingerprint density at radius 3 is 2.50 bits per heavy atom. The molecule has 0 aliphatic heterocycles. The molecule has 0 heterocycles. The Kier molecular flexibility index (Phi) is 4.77. The molecule has 1 fully saturated rings. The third-order valence-corrected chi connectivity index (χ3v) is 4.00. The molecule has 0 saturated heterocycles. The van der Waals surface area contributed by atoms with Gasteiger partial charge in [0, 0.05) is 6.54 Å². The number of carboxylic acid groups (broad SMARTS) is 1. The molecule has 1 aliphatic carbocycles. The lowest BCUT2D eigenvalue weighted by Crippen LogP contribution is -2.36. The van der Waals surface area contributed by atoms with Crippen molar-refractivity contribution in [1.29, 1.82) is 0 Å². The van der Waals surface area contributed by atoms with Crippen LogP contribution in [0.4, 0.5) is 0 Å². The van der Waals surface area contributed by atoms with Crippen molar-refractivity contribution in [3.8, 4) is 0 Å². The van der Waals surface area contributed by atoms with Gasteiger partial charge in [0.05, 0.1) is 11.8 Å². The molecule has 2 N–H and O–H groups in total. The van der Waals surface area contributed by atoms with Crippen LogP contribution in [0.25, 0.3) is 0 Å². The first kappa shape index (κ1) is 14.6. The summed E-state index contributed by atoms with van der Waals surface area (Å²) in [6, 6.07) is 8.21. The van der Waals surface area contributed by atoms with Crippen molar-refractivity contribution >= 4 is 11.9 Å². The number of hydrogen-bond acceptors (Lipinski definition) is 2. The van der Waals surface area contributed by atoms with E-state index in [0.29, 0.717) is 19.4 Å². The lowest BCUT2D eigenvalue weighted by Gasteiger charge is -2.15. The summed E-state index contributed by atoms with van der Waals surface area (Å²) in [5, 5.41) is 12.0. The summed E-state index contributed by atoms with van der Waals surface area (Å²) >= 11 is 0. The predicted molar refractivity (Wildman–Crippen MR) is 76.4 cm³/mol. The van der Waals surface area contributed by atoms with Gasteiger partial charge in [0.2, 0.25) is 5.91 Å². The zero-order chi connectivity index (χ0) is 14.5. The van der Waals surface area contributed by atoms with Crippen LogP contribution in [0.2, 0.25) is 0 Å². The highest BCUT2D eigenvalue weighted by molar-refractivity contribution is 5.85. The molecule has 1 aliphatic rings. The first-order valence-corrected chi connectivity index (χ1v) is 7.14. The second-order valence-electron chi connectivity index (χ2n) is 5.51. The number of carbonyl (C=O) groups is 2. The van der Waals surface area contributed by atoms with E-state index in [2.05, 4.69) is 29.6 Å². The quantitative estimate of drug-likeness (QED) is 0.865. The van der Waals surface area contributed by atoms with E-state index in [-0.39, 0.29) is 11.8 Å². The first-order valence-electron chi connectivity index (χ1n) is 7.14. The van der Waals surface area contributed by atoms with Crippen LogP contribution in [0.15, 0.2) is 24.3 Å². The van der Waals surface area contributed by atoms with Gasteiger partial charge in [-0.25, -0.2) is 0 Å². The van der Waals surface area contributed by atoms with E-state index in [0.717, 1.165) is 12.8 Å². The zero-order valence-electron chi connectivity index (χ0n) is 11.8. The van der Waals surface area contributed by atoms with E-state index in [1.807, 2.05) is 6.92 Å². The monoisotopic (exact) mass is 275 g/mol. The molecule has 0 spiro atoms. The third-order valence-electron chi connectivity index (χ3n) is 4.00. The Balaban J connectivity index is 1.80. The minimum Gasteiger partial charge on any atom is -0.481 e. The molecular formula is C16H21NO3. The topological polar surface area (TPSA) is 66.4 Å². The van der Waals surface area contributed by atoms with Crippen molar-refractivity contribution in [2.75, 3.05) is 6.54 Å². The van der Waals surface area contributed by atoms with Crippen LogP contribution in [0, 0.1) is 18.8 Å². The summed E-state index contributed by atoms with van der Waals surface area (Å²) in [5.74, 6) is -1.82. The predicted octanol–water partition coefficient (Wildman–Crippen LogP) is 2.15. The van der Waals surface area contributed by atoms with E-state index < -0.39 is 11.9 Å². The summed E-state index contributed by atoms with van der Waals surface area (Å²) in [7, 11) is 0. The summed E-state index contributed by atoms with van der Waals surface area (Å²) in [4.78, 5) is 23.1. The summed E-state index contributed by atoms with van der Waals surface area (Å²) in [6.45, 7) is 2.60. The number of carboxylic acids is 1. The van der Waals surface area contributed by atoms with E-state index in [1.54, 1.807) is 0 Å². The van der Waals surface area contributed by atoms with Gasteiger partial charge in [0.1, 0.15) is 0 Å². The number of carbonyl (C=O) groups excluding carboxylic acids is 1. The molecule has 0 radical (unpaired) electrons. The maximum atomic E-state index is 12.0. The minimum absolute atomic E-state index is 0.109. The van der Waals surface area contributed by atoms with Gasteiger partial charge in [-0.3, -0.25) is 9.59 Å². The van der Waals surface area contributed by atoms with Crippen LogP contribution in [-0.4, -0.2) is 23.5 Å². The van der Waals surface area contributed by atoms with Gasteiger partial charge >= 0.3 is 5.97 Å². The van der Waals surface area contributed by atoms with E-state index in [1.165, 1.54) is 11.1 Å². The molecule has 2 atom stereocenters. The van der Waals surface area contributed by atoms with Crippen molar-refractivity contribution in [3.63, 3.8) is 0 Å². The van der Waals surface area contributed by atoms with Crippen LogP contribution in [0.5, 0.6) is 0 Å². The number of nitrogens with one attached hydrogen (secondary N) is 1.